The molecule has 1 aliphatic heterocycles. The van der Waals surface area contributed by atoms with Crippen molar-refractivity contribution in [3.05, 3.63) is 71.8 Å². The number of hydrogen-bond donors (Lipinski definition) is 0. The van der Waals surface area contributed by atoms with Gasteiger partial charge in [0.1, 0.15) is 0 Å². The summed E-state index contributed by atoms with van der Waals surface area (Å²) >= 11 is 0. The zero-order valence-corrected chi connectivity index (χ0v) is 17.9. The van der Waals surface area contributed by atoms with Crippen molar-refractivity contribution in [2.75, 3.05) is 27.7 Å². The maximum Gasteiger partial charge on any atom is 0.223 e. The number of nitrogens with zero attached hydrogens (tertiary/aromatic N) is 1. The molecule has 0 N–H and O–H groups in total. The summed E-state index contributed by atoms with van der Waals surface area (Å²) in [7, 11) is 6.77. The van der Waals surface area contributed by atoms with E-state index in [0.717, 1.165) is 28.5 Å². The highest BCUT2D eigenvalue weighted by molar-refractivity contribution is 5.35. The van der Waals surface area contributed by atoms with Gasteiger partial charge in [-0.15, -0.1) is 0 Å². The van der Waals surface area contributed by atoms with E-state index in [9.17, 15) is 0 Å². The maximum atomic E-state index is 6.66. The van der Waals surface area contributed by atoms with Gasteiger partial charge >= 0.3 is 0 Å². The second kappa shape index (κ2) is 7.58. The standard InChI is InChI=1S/C22H28NO2.HI/c1-23(2,3)16-17-14-20-21(15-17)25-22(24-20,18-10-6-4-7-11-18)19-12-8-5-9-13-19;/h4-13,17,20-21H,14-16H2,1-3H3;1H/q+1;/p-1/t17?,20-,21+;. The van der Waals surface area contributed by atoms with Crippen molar-refractivity contribution in [3.8, 4) is 0 Å². The van der Waals surface area contributed by atoms with Gasteiger partial charge in [0.25, 0.3) is 0 Å². The van der Waals surface area contributed by atoms with E-state index >= 15 is 0 Å². The van der Waals surface area contributed by atoms with Crippen LogP contribution in [-0.4, -0.2) is 44.4 Å². The molecule has 0 amide bonds. The molecule has 2 aromatic carbocycles. The molecule has 2 aliphatic rings. The molecule has 140 valence electrons. The fourth-order valence-electron chi connectivity index (χ4n) is 4.44. The van der Waals surface area contributed by atoms with E-state index in [0.29, 0.717) is 5.92 Å². The molecule has 0 bridgehead atoms. The van der Waals surface area contributed by atoms with Crippen LogP contribution in [0, 0.1) is 5.92 Å². The molecule has 4 rings (SSSR count). The van der Waals surface area contributed by atoms with Gasteiger partial charge in [0.2, 0.25) is 5.79 Å². The molecular formula is C22H28INO2. The Morgan fingerprint density at radius 1 is 0.808 bits per heavy atom. The lowest BCUT2D eigenvalue weighted by Crippen LogP contribution is -3.00. The van der Waals surface area contributed by atoms with Gasteiger partial charge in [-0.1, -0.05) is 60.7 Å². The summed E-state index contributed by atoms with van der Waals surface area (Å²) in [6, 6.07) is 20.7. The minimum Gasteiger partial charge on any atom is -1.00 e. The fraction of sp³-hybridized carbons (Fsp3) is 0.455. The van der Waals surface area contributed by atoms with Crippen LogP contribution in [0.1, 0.15) is 24.0 Å². The Morgan fingerprint density at radius 2 is 1.23 bits per heavy atom. The zero-order chi connectivity index (χ0) is 17.5. The Labute approximate surface area is 173 Å². The van der Waals surface area contributed by atoms with Gasteiger partial charge in [-0.3, -0.25) is 0 Å². The van der Waals surface area contributed by atoms with Crippen LogP contribution in [0.5, 0.6) is 0 Å². The Morgan fingerprint density at radius 3 is 1.62 bits per heavy atom. The van der Waals surface area contributed by atoms with Crippen LogP contribution in [0.4, 0.5) is 0 Å². The van der Waals surface area contributed by atoms with Crippen molar-refractivity contribution < 1.29 is 37.9 Å². The van der Waals surface area contributed by atoms with Gasteiger partial charge in [0.05, 0.1) is 39.9 Å². The lowest BCUT2D eigenvalue weighted by Gasteiger charge is -2.32. The predicted octanol–water partition coefficient (Wildman–Crippen LogP) is 0.792. The SMILES string of the molecule is C[N+](C)(C)CC1C[C@@H]2OC(c3ccccc3)(c3ccccc3)O[C@@H]2C1.[I-]. The molecule has 0 aromatic heterocycles. The van der Waals surface area contributed by atoms with Crippen molar-refractivity contribution >= 4 is 0 Å². The number of benzene rings is 2. The van der Waals surface area contributed by atoms with E-state index in [1.54, 1.807) is 0 Å². The highest BCUT2D eigenvalue weighted by Crippen LogP contribution is 2.49. The second-order valence-electron chi connectivity index (χ2n) is 8.47. The summed E-state index contributed by atoms with van der Waals surface area (Å²) < 4.78 is 14.3. The van der Waals surface area contributed by atoms with Gasteiger partial charge in [-0.05, 0) is 12.8 Å². The number of hydrogen-bond acceptors (Lipinski definition) is 2. The Hall–Kier alpha value is -0.950. The van der Waals surface area contributed by atoms with Gasteiger partial charge in [0, 0.05) is 17.0 Å². The molecular weight excluding hydrogens is 437 g/mol. The van der Waals surface area contributed by atoms with Crippen molar-refractivity contribution in [3.63, 3.8) is 0 Å². The highest BCUT2D eigenvalue weighted by Gasteiger charge is 2.54. The molecule has 1 aliphatic carbocycles. The molecule has 0 spiro atoms. The zero-order valence-electron chi connectivity index (χ0n) is 15.8. The largest absolute Gasteiger partial charge is 1.00 e. The van der Waals surface area contributed by atoms with Crippen LogP contribution in [0.3, 0.4) is 0 Å². The van der Waals surface area contributed by atoms with E-state index < -0.39 is 5.79 Å². The van der Waals surface area contributed by atoms with Crippen LogP contribution in [0.25, 0.3) is 0 Å². The normalized spacial score (nSPS) is 27.0. The topological polar surface area (TPSA) is 18.5 Å². The molecule has 26 heavy (non-hydrogen) atoms. The van der Waals surface area contributed by atoms with Crippen LogP contribution in [0.2, 0.25) is 0 Å². The molecule has 1 saturated carbocycles. The summed E-state index contributed by atoms with van der Waals surface area (Å²) in [6.45, 7) is 1.17. The average molecular weight is 465 g/mol. The number of rotatable bonds is 4. The summed E-state index contributed by atoms with van der Waals surface area (Å²) in [4.78, 5) is 0. The fourth-order valence-corrected chi connectivity index (χ4v) is 4.44. The Kier molecular flexibility index (Phi) is 5.78. The number of fused-ring (bicyclic) bond motifs is 1. The van der Waals surface area contributed by atoms with Gasteiger partial charge in [0.15, 0.2) is 0 Å². The van der Waals surface area contributed by atoms with Gasteiger partial charge in [-0.2, -0.15) is 0 Å². The molecule has 0 radical (unpaired) electrons. The van der Waals surface area contributed by atoms with Gasteiger partial charge < -0.3 is 37.9 Å². The first-order valence-electron chi connectivity index (χ1n) is 9.23. The third-order valence-electron chi connectivity index (χ3n) is 5.29. The molecule has 2 aromatic rings. The van der Waals surface area contributed by atoms with Crippen molar-refractivity contribution in [2.45, 2.75) is 30.8 Å². The number of halogens is 1. The quantitative estimate of drug-likeness (QED) is 0.492. The minimum atomic E-state index is -0.764. The van der Waals surface area contributed by atoms with Crippen LogP contribution in [-0.2, 0) is 15.3 Å². The first-order valence-corrected chi connectivity index (χ1v) is 9.23. The third kappa shape index (κ3) is 3.84. The van der Waals surface area contributed by atoms with E-state index in [1.165, 1.54) is 6.54 Å². The lowest BCUT2D eigenvalue weighted by molar-refractivity contribution is -0.873. The van der Waals surface area contributed by atoms with E-state index in [1.807, 2.05) is 12.1 Å². The smallest absolute Gasteiger partial charge is 0.223 e. The minimum absolute atomic E-state index is 0. The molecule has 4 heteroatoms. The summed E-state index contributed by atoms with van der Waals surface area (Å²) in [5.74, 6) is -0.0982. The molecule has 3 nitrogen and oxygen atoms in total. The van der Waals surface area contributed by atoms with E-state index in [-0.39, 0.29) is 36.2 Å². The predicted molar refractivity (Wildman–Crippen MR) is 99.0 cm³/mol. The van der Waals surface area contributed by atoms with Crippen LogP contribution < -0.4 is 24.0 Å². The average Bonchev–Trinajstić information content (AvgIpc) is 3.11. The van der Waals surface area contributed by atoms with Crippen molar-refractivity contribution in [1.82, 2.24) is 0 Å². The third-order valence-corrected chi connectivity index (χ3v) is 5.29. The first kappa shape index (κ1) is 19.8. The molecule has 2 fully saturated rings. The first-order chi connectivity index (χ1) is 12.0. The summed E-state index contributed by atoms with van der Waals surface area (Å²) in [5, 5.41) is 0. The van der Waals surface area contributed by atoms with Crippen LogP contribution in [0.15, 0.2) is 60.7 Å². The Bertz CT molecular complexity index is 658. The maximum absolute atomic E-state index is 6.66. The lowest BCUT2D eigenvalue weighted by atomic mass is 9.97. The summed E-state index contributed by atoms with van der Waals surface area (Å²) in [6.07, 6.45) is 2.53. The molecule has 1 saturated heterocycles. The Balaban J connectivity index is 0.00000196. The highest BCUT2D eigenvalue weighted by atomic mass is 127. The monoisotopic (exact) mass is 465 g/mol. The van der Waals surface area contributed by atoms with Crippen molar-refractivity contribution in [2.24, 2.45) is 5.92 Å². The van der Waals surface area contributed by atoms with E-state index in [2.05, 4.69) is 69.7 Å². The second-order valence-corrected chi connectivity index (χ2v) is 8.47. The van der Waals surface area contributed by atoms with Gasteiger partial charge in [-0.25, -0.2) is 0 Å². The summed E-state index contributed by atoms with van der Waals surface area (Å²) in [5.41, 5.74) is 2.16. The molecule has 1 heterocycles. The van der Waals surface area contributed by atoms with Crippen LogP contribution >= 0.6 is 0 Å². The molecule has 3 atom stereocenters. The molecule has 1 unspecified atom stereocenters. The number of quaternary nitrogens is 1. The number of ether oxygens (including phenoxy) is 2. The van der Waals surface area contributed by atoms with Crippen molar-refractivity contribution in [1.29, 1.82) is 0 Å². The van der Waals surface area contributed by atoms with E-state index in [4.69, 9.17) is 9.47 Å².